The lowest BCUT2D eigenvalue weighted by Crippen LogP contribution is -2.17. The molecule has 0 spiro atoms. The Labute approximate surface area is 156 Å². The topological polar surface area (TPSA) is 66.8 Å². The number of aliphatic hydroxyl groups excluding tert-OH is 2. The van der Waals surface area contributed by atoms with Crippen LogP contribution in [0.2, 0.25) is 0 Å². The van der Waals surface area contributed by atoms with Crippen molar-refractivity contribution in [1.29, 1.82) is 0 Å². The lowest BCUT2D eigenvalue weighted by molar-refractivity contribution is -0.121. The number of carbonyl (C=O) groups excluding carboxylic acids is 1. The molecule has 2 N–H and O–H groups in total. The van der Waals surface area contributed by atoms with E-state index in [1.165, 1.54) is 0 Å². The Morgan fingerprint density at radius 2 is 1.85 bits per heavy atom. The number of ether oxygens (including phenoxy) is 1. The molecule has 4 heteroatoms. The van der Waals surface area contributed by atoms with E-state index in [1.807, 2.05) is 36.4 Å². The molecule has 0 saturated heterocycles. The highest BCUT2D eigenvalue weighted by molar-refractivity contribution is 5.83. The molecule has 0 heterocycles. The monoisotopic (exact) mass is 360 g/mol. The highest BCUT2D eigenvalue weighted by atomic mass is 16.5. The Hall–Kier alpha value is -1.65. The summed E-state index contributed by atoms with van der Waals surface area (Å²) >= 11 is 0. The van der Waals surface area contributed by atoms with Gasteiger partial charge in [0.25, 0.3) is 0 Å². The molecule has 1 aliphatic rings. The number of allylic oxidation sites excluding steroid dienone is 1. The van der Waals surface area contributed by atoms with Crippen molar-refractivity contribution in [3.63, 3.8) is 0 Å². The molecule has 26 heavy (non-hydrogen) atoms. The fourth-order valence-electron chi connectivity index (χ4n) is 3.57. The smallest absolute Gasteiger partial charge is 0.136 e. The van der Waals surface area contributed by atoms with Gasteiger partial charge in [-0.2, -0.15) is 0 Å². The molecule has 1 aromatic rings. The van der Waals surface area contributed by atoms with E-state index < -0.39 is 6.10 Å². The van der Waals surface area contributed by atoms with Crippen molar-refractivity contribution in [3.8, 4) is 5.75 Å². The Bertz CT molecular complexity index is 540. The van der Waals surface area contributed by atoms with Crippen LogP contribution in [0.1, 0.15) is 51.4 Å². The van der Waals surface area contributed by atoms with E-state index in [0.29, 0.717) is 12.2 Å². The van der Waals surface area contributed by atoms with Crippen molar-refractivity contribution < 1.29 is 19.7 Å². The van der Waals surface area contributed by atoms with E-state index in [2.05, 4.69) is 0 Å². The van der Waals surface area contributed by atoms with Crippen molar-refractivity contribution in [1.82, 2.24) is 0 Å². The maximum absolute atomic E-state index is 12.2. The number of ketones is 1. The Morgan fingerprint density at radius 1 is 1.12 bits per heavy atom. The summed E-state index contributed by atoms with van der Waals surface area (Å²) in [5.41, 5.74) is 0. The van der Waals surface area contributed by atoms with Crippen LogP contribution in [0.4, 0.5) is 0 Å². The molecule has 0 aromatic heterocycles. The third kappa shape index (κ3) is 7.30. The molecule has 1 aliphatic carbocycles. The van der Waals surface area contributed by atoms with Gasteiger partial charge < -0.3 is 14.9 Å². The van der Waals surface area contributed by atoms with Gasteiger partial charge >= 0.3 is 0 Å². The molecule has 0 bridgehead atoms. The Balaban J connectivity index is 1.71. The Morgan fingerprint density at radius 3 is 2.62 bits per heavy atom. The van der Waals surface area contributed by atoms with Crippen LogP contribution in [0.5, 0.6) is 5.75 Å². The quantitative estimate of drug-likeness (QED) is 0.438. The third-order valence-electron chi connectivity index (χ3n) is 5.07. The summed E-state index contributed by atoms with van der Waals surface area (Å²) in [6, 6.07) is 9.45. The maximum Gasteiger partial charge on any atom is 0.136 e. The number of para-hydroxylation sites is 1. The minimum absolute atomic E-state index is 0.103. The number of benzene rings is 1. The SMILES string of the molecule is O=C1CCC(/C=C/C(O)COc2ccccc2)C1CCCCCCCO. The summed E-state index contributed by atoms with van der Waals surface area (Å²) in [6.07, 6.45) is 10.8. The van der Waals surface area contributed by atoms with Gasteiger partial charge in [0.2, 0.25) is 0 Å². The molecule has 4 nitrogen and oxygen atoms in total. The van der Waals surface area contributed by atoms with Crippen molar-refractivity contribution in [2.75, 3.05) is 13.2 Å². The average molecular weight is 360 g/mol. The van der Waals surface area contributed by atoms with Crippen LogP contribution < -0.4 is 4.74 Å². The highest BCUT2D eigenvalue weighted by Crippen LogP contribution is 2.34. The molecule has 0 amide bonds. The second-order valence-corrected chi connectivity index (χ2v) is 7.13. The summed E-state index contributed by atoms with van der Waals surface area (Å²) in [5.74, 6) is 1.46. The first-order valence-electron chi connectivity index (χ1n) is 9.88. The van der Waals surface area contributed by atoms with Gasteiger partial charge in [-0.1, -0.05) is 56.0 Å². The number of hydrogen-bond acceptors (Lipinski definition) is 4. The molecule has 0 aliphatic heterocycles. The predicted molar refractivity (Wildman–Crippen MR) is 103 cm³/mol. The molecule has 3 unspecified atom stereocenters. The molecule has 144 valence electrons. The van der Waals surface area contributed by atoms with Gasteiger partial charge in [0.15, 0.2) is 0 Å². The second-order valence-electron chi connectivity index (χ2n) is 7.13. The average Bonchev–Trinajstić information content (AvgIpc) is 3.02. The number of rotatable bonds is 12. The fourth-order valence-corrected chi connectivity index (χ4v) is 3.57. The first-order chi connectivity index (χ1) is 12.7. The van der Waals surface area contributed by atoms with E-state index in [-0.39, 0.29) is 25.0 Å². The number of aliphatic hydroxyl groups is 2. The largest absolute Gasteiger partial charge is 0.491 e. The van der Waals surface area contributed by atoms with Crippen molar-refractivity contribution in [2.45, 2.75) is 57.5 Å². The number of hydrogen-bond donors (Lipinski definition) is 2. The van der Waals surface area contributed by atoms with Crippen LogP contribution in [-0.4, -0.2) is 35.3 Å². The second kappa shape index (κ2) is 11.9. The lowest BCUT2D eigenvalue weighted by atomic mass is 9.89. The van der Waals surface area contributed by atoms with Gasteiger partial charge in [0.05, 0.1) is 0 Å². The molecule has 1 saturated carbocycles. The minimum Gasteiger partial charge on any atom is -0.491 e. The predicted octanol–water partition coefficient (Wildman–Crippen LogP) is 3.91. The standard InChI is InChI=1S/C22H32O4/c23-16-8-3-1-2-7-11-21-18(13-15-22(21)25)12-14-19(24)17-26-20-9-5-4-6-10-20/h4-6,9-10,12,14,18-19,21,23-24H,1-3,7-8,11,13,15-17H2/b14-12+. The fraction of sp³-hybridized carbons (Fsp3) is 0.591. The van der Waals surface area contributed by atoms with Gasteiger partial charge in [0, 0.05) is 18.9 Å². The summed E-state index contributed by atoms with van der Waals surface area (Å²) in [7, 11) is 0. The van der Waals surface area contributed by atoms with Crippen molar-refractivity contribution in [3.05, 3.63) is 42.5 Å². The third-order valence-corrected chi connectivity index (χ3v) is 5.07. The number of carbonyl (C=O) groups is 1. The van der Waals surface area contributed by atoms with Gasteiger partial charge in [-0.3, -0.25) is 4.79 Å². The molecular weight excluding hydrogens is 328 g/mol. The molecule has 2 rings (SSSR count). The van der Waals surface area contributed by atoms with E-state index in [4.69, 9.17) is 9.84 Å². The van der Waals surface area contributed by atoms with Gasteiger partial charge in [0.1, 0.15) is 24.2 Å². The lowest BCUT2D eigenvalue weighted by Gasteiger charge is -2.16. The van der Waals surface area contributed by atoms with Crippen LogP contribution in [0.3, 0.4) is 0 Å². The molecular formula is C22H32O4. The molecule has 1 aromatic carbocycles. The van der Waals surface area contributed by atoms with Gasteiger partial charge in [-0.05, 0) is 37.3 Å². The molecule has 0 radical (unpaired) electrons. The minimum atomic E-state index is -0.662. The zero-order chi connectivity index (χ0) is 18.6. The van der Waals surface area contributed by atoms with E-state index >= 15 is 0 Å². The van der Waals surface area contributed by atoms with Crippen LogP contribution in [-0.2, 0) is 4.79 Å². The van der Waals surface area contributed by atoms with Crippen molar-refractivity contribution in [2.24, 2.45) is 11.8 Å². The zero-order valence-corrected chi connectivity index (χ0v) is 15.6. The van der Waals surface area contributed by atoms with Gasteiger partial charge in [-0.25, -0.2) is 0 Å². The summed E-state index contributed by atoms with van der Waals surface area (Å²) in [5, 5.41) is 18.9. The Kier molecular flexibility index (Phi) is 9.43. The summed E-state index contributed by atoms with van der Waals surface area (Å²) in [4.78, 5) is 12.2. The van der Waals surface area contributed by atoms with Crippen molar-refractivity contribution >= 4 is 5.78 Å². The first-order valence-corrected chi connectivity index (χ1v) is 9.88. The molecule has 3 atom stereocenters. The van der Waals surface area contributed by atoms with Crippen LogP contribution in [0.25, 0.3) is 0 Å². The van der Waals surface area contributed by atoms with E-state index in [1.54, 1.807) is 6.08 Å². The van der Waals surface area contributed by atoms with E-state index in [9.17, 15) is 9.90 Å². The normalized spacial score (nSPS) is 21.4. The van der Waals surface area contributed by atoms with E-state index in [0.717, 1.165) is 50.7 Å². The van der Waals surface area contributed by atoms with Crippen LogP contribution >= 0.6 is 0 Å². The number of unbranched alkanes of at least 4 members (excludes halogenated alkanes) is 4. The van der Waals surface area contributed by atoms with Gasteiger partial charge in [-0.15, -0.1) is 0 Å². The summed E-state index contributed by atoms with van der Waals surface area (Å²) < 4.78 is 5.56. The maximum atomic E-state index is 12.2. The number of Topliss-reactive ketones (excluding diaryl/α,β-unsaturated/α-hetero) is 1. The highest BCUT2D eigenvalue weighted by Gasteiger charge is 2.32. The zero-order valence-electron chi connectivity index (χ0n) is 15.6. The summed E-state index contributed by atoms with van der Waals surface area (Å²) in [6.45, 7) is 0.487. The van der Waals surface area contributed by atoms with Crippen LogP contribution in [0, 0.1) is 11.8 Å². The molecule has 1 fully saturated rings. The first kappa shape index (κ1) is 20.7. The van der Waals surface area contributed by atoms with Crippen LogP contribution in [0.15, 0.2) is 42.5 Å².